The quantitative estimate of drug-likeness (QED) is 0.0282. The van der Waals surface area contributed by atoms with Crippen LogP contribution >= 0.6 is 7.82 Å². The molecule has 0 saturated carbocycles. The first-order chi connectivity index (χ1) is 25.8. The van der Waals surface area contributed by atoms with Gasteiger partial charge in [-0.05, 0) is 70.6 Å². The van der Waals surface area contributed by atoms with Crippen LogP contribution in [0.3, 0.4) is 0 Å². The van der Waals surface area contributed by atoms with Gasteiger partial charge in [0.2, 0.25) is 0 Å². The van der Waals surface area contributed by atoms with Crippen LogP contribution in [0.4, 0.5) is 0 Å². The molecule has 0 aliphatic carbocycles. The van der Waals surface area contributed by atoms with Gasteiger partial charge >= 0.3 is 11.9 Å². The number of esters is 2. The van der Waals surface area contributed by atoms with Crippen molar-refractivity contribution in [2.75, 3.05) is 26.4 Å². The largest absolute Gasteiger partial charge is 0.756 e. The summed E-state index contributed by atoms with van der Waals surface area (Å²) in [5.74, 6) is -0.872. The summed E-state index contributed by atoms with van der Waals surface area (Å²) in [4.78, 5) is 37.0. The summed E-state index contributed by atoms with van der Waals surface area (Å²) in [6.45, 7) is 3.79. The Kier molecular flexibility index (Phi) is 38.1. The first-order valence-corrected chi connectivity index (χ1v) is 22.6. The summed E-state index contributed by atoms with van der Waals surface area (Å²) in [6, 6.07) is 0. The van der Waals surface area contributed by atoms with E-state index >= 15 is 0 Å². The molecule has 0 aliphatic heterocycles. The van der Waals surface area contributed by atoms with Crippen molar-refractivity contribution in [3.8, 4) is 0 Å². The summed E-state index contributed by atoms with van der Waals surface area (Å²) in [5.41, 5.74) is 3.55. The van der Waals surface area contributed by atoms with E-state index in [1.165, 1.54) is 64.2 Å². The van der Waals surface area contributed by atoms with Crippen molar-refractivity contribution in [3.63, 3.8) is 0 Å². The Labute approximate surface area is 324 Å². The van der Waals surface area contributed by atoms with Crippen LogP contribution in [-0.4, -0.2) is 44.4 Å². The van der Waals surface area contributed by atoms with Crippen molar-refractivity contribution >= 4 is 19.8 Å². The molecule has 3 N–H and O–H groups in total. The van der Waals surface area contributed by atoms with Gasteiger partial charge < -0.3 is 29.1 Å². The monoisotopic (exact) mass is 768 g/mol. The highest BCUT2D eigenvalue weighted by Crippen LogP contribution is 2.38. The molecular formula is C43H78NO8P. The van der Waals surface area contributed by atoms with Gasteiger partial charge in [-0.2, -0.15) is 0 Å². The van der Waals surface area contributed by atoms with E-state index in [1.54, 1.807) is 0 Å². The Morgan fingerprint density at radius 1 is 0.585 bits per heavy atom. The molecule has 9 nitrogen and oxygen atoms in total. The molecule has 0 saturated heterocycles. The van der Waals surface area contributed by atoms with Crippen molar-refractivity contribution < 1.29 is 43.3 Å². The maximum atomic E-state index is 12.5. The van der Waals surface area contributed by atoms with Crippen molar-refractivity contribution in [1.82, 2.24) is 0 Å². The van der Waals surface area contributed by atoms with Crippen LogP contribution in [0.2, 0.25) is 0 Å². The third kappa shape index (κ3) is 39.5. The lowest BCUT2D eigenvalue weighted by atomic mass is 10.1. The molecule has 0 radical (unpaired) electrons. The highest BCUT2D eigenvalue weighted by molar-refractivity contribution is 7.45. The van der Waals surface area contributed by atoms with Crippen LogP contribution in [0, 0.1) is 0 Å². The highest BCUT2D eigenvalue weighted by atomic mass is 31.2. The standard InChI is InChI=1S/C43H78NO8P/c1-3-5-7-9-11-13-15-17-19-20-22-23-25-27-29-31-33-35-42(45)49-39-41(40-51-53(47,48)50-38-37-44)52-43(46)36-34-32-30-28-26-24-21-18-16-14-12-10-8-6-4-2/h6,8,12,14,17-19,21,41H,3-5,7,9-11,13,15-16,20,22-40,44H2,1-2H3,(H,47,48)/b8-6-,14-12-,19-17-,21-18-/t41-/m1/s1. The van der Waals surface area contributed by atoms with E-state index in [2.05, 4.69) is 68.2 Å². The number of ether oxygens (including phenoxy) is 2. The molecular weight excluding hydrogens is 689 g/mol. The van der Waals surface area contributed by atoms with Crippen LogP contribution in [0.5, 0.6) is 0 Å². The molecule has 1 unspecified atom stereocenters. The number of allylic oxidation sites excluding steroid dienone is 8. The number of phosphoric acid groups is 1. The zero-order valence-electron chi connectivity index (χ0n) is 33.8. The predicted octanol–water partition coefficient (Wildman–Crippen LogP) is 10.6. The van der Waals surface area contributed by atoms with Gasteiger partial charge in [-0.3, -0.25) is 14.2 Å². The Morgan fingerprint density at radius 3 is 1.57 bits per heavy atom. The maximum absolute atomic E-state index is 12.5. The average Bonchev–Trinajstić information content (AvgIpc) is 3.14. The molecule has 0 aromatic carbocycles. The lowest BCUT2D eigenvalue weighted by Crippen LogP contribution is -2.52. The van der Waals surface area contributed by atoms with E-state index in [1.807, 2.05) is 0 Å². The van der Waals surface area contributed by atoms with Gasteiger partial charge in [-0.25, -0.2) is 0 Å². The first kappa shape index (κ1) is 51.0. The molecule has 53 heavy (non-hydrogen) atoms. The van der Waals surface area contributed by atoms with Gasteiger partial charge in [0.15, 0.2) is 6.10 Å². The number of unbranched alkanes of at least 4 members (excludes halogenated alkanes) is 18. The normalized spacial score (nSPS) is 13.8. The summed E-state index contributed by atoms with van der Waals surface area (Å²) < 4.78 is 32.5. The molecule has 0 heterocycles. The zero-order valence-corrected chi connectivity index (χ0v) is 34.7. The Bertz CT molecular complexity index is 1010. The van der Waals surface area contributed by atoms with Gasteiger partial charge in [-0.15, -0.1) is 0 Å². The van der Waals surface area contributed by atoms with Gasteiger partial charge in [0.25, 0.3) is 7.82 Å². The molecule has 0 spiro atoms. The topological polar surface area (TPSA) is 139 Å². The number of hydrogen-bond donors (Lipinski definition) is 1. The van der Waals surface area contributed by atoms with Crippen LogP contribution in [0.1, 0.15) is 181 Å². The SMILES string of the molecule is CC/C=C\C/C=C\C/C=C\CCCCCCCC(=O)O[C@H](COC(=O)CCCCCCCCC/C=C\CCCCCCCC)COP(=O)([O-])OCC[NH3+]. The Morgan fingerprint density at radius 2 is 1.04 bits per heavy atom. The highest BCUT2D eigenvalue weighted by Gasteiger charge is 2.21. The molecule has 10 heteroatoms. The van der Waals surface area contributed by atoms with E-state index in [0.717, 1.165) is 83.5 Å². The second kappa shape index (κ2) is 39.7. The predicted molar refractivity (Wildman–Crippen MR) is 216 cm³/mol. The third-order valence-electron chi connectivity index (χ3n) is 8.72. The van der Waals surface area contributed by atoms with Crippen molar-refractivity contribution in [2.45, 2.75) is 187 Å². The van der Waals surface area contributed by atoms with Crippen LogP contribution < -0.4 is 10.6 Å². The molecule has 2 atom stereocenters. The maximum Gasteiger partial charge on any atom is 0.306 e. The second-order valence-electron chi connectivity index (χ2n) is 13.9. The molecule has 0 aromatic heterocycles. The molecule has 0 rings (SSSR count). The number of carbonyl (C=O) groups excluding carboxylic acids is 2. The van der Waals surface area contributed by atoms with Crippen molar-refractivity contribution in [1.29, 1.82) is 0 Å². The number of rotatable bonds is 39. The molecule has 0 amide bonds. The lowest BCUT2D eigenvalue weighted by Gasteiger charge is -2.25. The zero-order chi connectivity index (χ0) is 38.9. The minimum absolute atomic E-state index is 0.109. The van der Waals surface area contributed by atoms with Crippen LogP contribution in [0.25, 0.3) is 0 Å². The van der Waals surface area contributed by atoms with Gasteiger partial charge in [0.05, 0.1) is 13.2 Å². The average molecular weight is 768 g/mol. The van der Waals surface area contributed by atoms with Gasteiger partial charge in [0, 0.05) is 12.8 Å². The summed E-state index contributed by atoms with van der Waals surface area (Å²) >= 11 is 0. The first-order valence-electron chi connectivity index (χ1n) is 21.2. The number of hydrogen-bond acceptors (Lipinski definition) is 8. The van der Waals surface area contributed by atoms with Crippen molar-refractivity contribution in [2.24, 2.45) is 0 Å². The molecule has 0 fully saturated rings. The molecule has 0 aromatic rings. The fourth-order valence-electron chi connectivity index (χ4n) is 5.59. The summed E-state index contributed by atoms with van der Waals surface area (Å²) in [7, 11) is -4.59. The summed E-state index contributed by atoms with van der Waals surface area (Å²) in [5, 5.41) is 0. The smallest absolute Gasteiger partial charge is 0.306 e. The van der Waals surface area contributed by atoms with Crippen LogP contribution in [0.15, 0.2) is 48.6 Å². The van der Waals surface area contributed by atoms with E-state index in [-0.39, 0.29) is 32.6 Å². The van der Waals surface area contributed by atoms with E-state index < -0.39 is 32.5 Å². The number of quaternary nitrogens is 1. The summed E-state index contributed by atoms with van der Waals surface area (Å²) in [6.07, 6.45) is 44.1. The minimum Gasteiger partial charge on any atom is -0.756 e. The van der Waals surface area contributed by atoms with Crippen molar-refractivity contribution in [3.05, 3.63) is 48.6 Å². The fraction of sp³-hybridized carbons (Fsp3) is 0.767. The van der Waals surface area contributed by atoms with Gasteiger partial charge in [0.1, 0.15) is 13.2 Å². The molecule has 0 aliphatic rings. The van der Waals surface area contributed by atoms with E-state index in [4.69, 9.17) is 18.5 Å². The second-order valence-corrected chi connectivity index (χ2v) is 15.3. The fourth-order valence-corrected chi connectivity index (χ4v) is 6.37. The Hall–Kier alpha value is -2.03. The molecule has 0 bridgehead atoms. The van der Waals surface area contributed by atoms with Gasteiger partial charge in [-0.1, -0.05) is 146 Å². The van der Waals surface area contributed by atoms with E-state index in [9.17, 15) is 19.0 Å². The van der Waals surface area contributed by atoms with E-state index in [0.29, 0.717) is 6.42 Å². The lowest BCUT2D eigenvalue weighted by molar-refractivity contribution is -0.373. The third-order valence-corrected chi connectivity index (χ3v) is 9.68. The van der Waals surface area contributed by atoms with Crippen LogP contribution in [-0.2, 0) is 32.7 Å². The number of phosphoric ester groups is 1. The minimum atomic E-state index is -4.59. The molecule has 308 valence electrons. The number of carbonyl (C=O) groups is 2. The Balaban J connectivity index is 4.19.